The number of aromatic nitrogens is 2. The first kappa shape index (κ1) is 12.4. The minimum atomic E-state index is 0.599. The van der Waals surface area contributed by atoms with E-state index < -0.39 is 0 Å². The van der Waals surface area contributed by atoms with Crippen LogP contribution in [0.4, 0.5) is 0 Å². The van der Waals surface area contributed by atoms with Crippen LogP contribution in [-0.4, -0.2) is 22.6 Å². The third kappa shape index (κ3) is 2.87. The summed E-state index contributed by atoms with van der Waals surface area (Å²) in [6.07, 6.45) is 6.60. The van der Waals surface area contributed by atoms with E-state index in [-0.39, 0.29) is 0 Å². The Labute approximate surface area is 114 Å². The van der Waals surface area contributed by atoms with Gasteiger partial charge in [-0.25, -0.2) is 4.98 Å². The number of hydrogen-bond donors (Lipinski definition) is 2. The van der Waals surface area contributed by atoms with Crippen molar-refractivity contribution in [3.63, 3.8) is 0 Å². The van der Waals surface area contributed by atoms with Gasteiger partial charge >= 0.3 is 0 Å². The number of nitrogens with one attached hydrogen (secondary N) is 2. The zero-order valence-electron chi connectivity index (χ0n) is 11.4. The summed E-state index contributed by atoms with van der Waals surface area (Å²) >= 11 is 0. The smallest absolute Gasteiger partial charge is 0.108 e. The van der Waals surface area contributed by atoms with Crippen molar-refractivity contribution in [1.29, 1.82) is 0 Å². The molecule has 1 unspecified atom stereocenters. The van der Waals surface area contributed by atoms with Gasteiger partial charge in [-0.2, -0.15) is 0 Å². The third-order valence-electron chi connectivity index (χ3n) is 3.90. The molecule has 1 aliphatic heterocycles. The van der Waals surface area contributed by atoms with Crippen molar-refractivity contribution < 1.29 is 0 Å². The highest BCUT2D eigenvalue weighted by atomic mass is 15.0. The van der Waals surface area contributed by atoms with E-state index in [1.807, 2.05) is 6.20 Å². The van der Waals surface area contributed by atoms with Gasteiger partial charge in [0, 0.05) is 12.5 Å². The van der Waals surface area contributed by atoms with Gasteiger partial charge in [0.15, 0.2) is 0 Å². The van der Waals surface area contributed by atoms with Gasteiger partial charge < -0.3 is 10.3 Å². The minimum Gasteiger partial charge on any atom is -0.342 e. The lowest BCUT2D eigenvalue weighted by molar-refractivity contribution is 0.589. The van der Waals surface area contributed by atoms with E-state index in [1.165, 1.54) is 24.0 Å². The third-order valence-corrected chi connectivity index (χ3v) is 3.90. The van der Waals surface area contributed by atoms with E-state index in [4.69, 9.17) is 0 Å². The minimum absolute atomic E-state index is 0.599. The summed E-state index contributed by atoms with van der Waals surface area (Å²) < 4.78 is 0. The summed E-state index contributed by atoms with van der Waals surface area (Å²) in [5.41, 5.74) is 3.71. The van der Waals surface area contributed by atoms with Crippen LogP contribution >= 0.6 is 0 Å². The van der Waals surface area contributed by atoms with Gasteiger partial charge in [-0.1, -0.05) is 31.2 Å². The van der Waals surface area contributed by atoms with Crippen LogP contribution in [0.3, 0.4) is 0 Å². The Morgan fingerprint density at radius 1 is 1.26 bits per heavy atom. The summed E-state index contributed by atoms with van der Waals surface area (Å²) in [5, 5.41) is 3.51. The number of imidazole rings is 1. The lowest BCUT2D eigenvalue weighted by Crippen LogP contribution is -2.24. The molecule has 0 spiro atoms. The van der Waals surface area contributed by atoms with Crippen molar-refractivity contribution in [1.82, 2.24) is 15.3 Å². The van der Waals surface area contributed by atoms with E-state index in [2.05, 4.69) is 46.5 Å². The van der Waals surface area contributed by atoms with E-state index >= 15 is 0 Å². The molecule has 19 heavy (non-hydrogen) atoms. The molecule has 0 aliphatic carbocycles. The van der Waals surface area contributed by atoms with Gasteiger partial charge in [0.2, 0.25) is 0 Å². The van der Waals surface area contributed by atoms with Gasteiger partial charge in [-0.05, 0) is 36.9 Å². The van der Waals surface area contributed by atoms with Crippen LogP contribution in [0.1, 0.15) is 31.2 Å². The largest absolute Gasteiger partial charge is 0.342 e. The second kappa shape index (κ2) is 5.57. The fourth-order valence-corrected chi connectivity index (χ4v) is 2.70. The molecule has 2 heterocycles. The monoisotopic (exact) mass is 255 g/mol. The highest BCUT2D eigenvalue weighted by Gasteiger charge is 2.16. The summed E-state index contributed by atoms with van der Waals surface area (Å²) in [4.78, 5) is 7.95. The Kier molecular flexibility index (Phi) is 3.65. The lowest BCUT2D eigenvalue weighted by Gasteiger charge is -2.06. The first-order chi connectivity index (χ1) is 9.35. The molecule has 1 fully saturated rings. The van der Waals surface area contributed by atoms with Crippen LogP contribution in [0.2, 0.25) is 0 Å². The standard InChI is InChI=1S/C16H21N3/c1-2-12-5-7-13(8-6-12)15-11-18-16(19-15)10-14-4-3-9-17-14/h5-8,11,14,17H,2-4,9-10H2,1H3,(H,18,19). The Morgan fingerprint density at radius 2 is 2.11 bits per heavy atom. The molecule has 3 heteroatoms. The molecule has 3 rings (SSSR count). The maximum atomic E-state index is 4.50. The molecule has 1 saturated heterocycles. The molecule has 1 atom stereocenters. The van der Waals surface area contributed by atoms with Crippen molar-refractivity contribution in [3.8, 4) is 11.3 Å². The van der Waals surface area contributed by atoms with Crippen LogP contribution in [0.25, 0.3) is 11.3 Å². The molecule has 0 amide bonds. The number of hydrogen-bond acceptors (Lipinski definition) is 2. The fourth-order valence-electron chi connectivity index (χ4n) is 2.70. The summed E-state index contributed by atoms with van der Waals surface area (Å²) in [7, 11) is 0. The molecule has 0 bridgehead atoms. The maximum absolute atomic E-state index is 4.50. The van der Waals surface area contributed by atoms with E-state index in [0.29, 0.717) is 6.04 Å². The van der Waals surface area contributed by atoms with Crippen LogP contribution in [0, 0.1) is 0 Å². The first-order valence-electron chi connectivity index (χ1n) is 7.21. The van der Waals surface area contributed by atoms with Crippen LogP contribution < -0.4 is 5.32 Å². The number of benzene rings is 1. The van der Waals surface area contributed by atoms with E-state index in [1.54, 1.807) is 0 Å². The molecule has 100 valence electrons. The molecular weight excluding hydrogens is 234 g/mol. The molecule has 0 radical (unpaired) electrons. The van der Waals surface area contributed by atoms with Crippen molar-refractivity contribution in [2.75, 3.05) is 6.54 Å². The molecule has 0 saturated carbocycles. The van der Waals surface area contributed by atoms with Gasteiger partial charge in [0.25, 0.3) is 0 Å². The average molecular weight is 255 g/mol. The second-order valence-electron chi connectivity index (χ2n) is 5.29. The molecule has 1 aromatic carbocycles. The Balaban J connectivity index is 1.72. The summed E-state index contributed by atoms with van der Waals surface area (Å²) in [6, 6.07) is 9.32. The van der Waals surface area contributed by atoms with Crippen molar-refractivity contribution in [2.24, 2.45) is 0 Å². The predicted octanol–water partition coefficient (Wildman–Crippen LogP) is 2.93. The van der Waals surface area contributed by atoms with Gasteiger partial charge in [0.1, 0.15) is 5.82 Å². The highest BCUT2D eigenvalue weighted by molar-refractivity contribution is 5.58. The predicted molar refractivity (Wildman–Crippen MR) is 78.1 cm³/mol. The van der Waals surface area contributed by atoms with Gasteiger partial charge in [-0.3, -0.25) is 0 Å². The van der Waals surface area contributed by atoms with Gasteiger partial charge in [-0.15, -0.1) is 0 Å². The Morgan fingerprint density at radius 3 is 2.79 bits per heavy atom. The lowest BCUT2D eigenvalue weighted by atomic mass is 10.1. The van der Waals surface area contributed by atoms with Crippen LogP contribution in [0.5, 0.6) is 0 Å². The molecular formula is C16H21N3. The molecule has 1 aromatic heterocycles. The molecule has 2 N–H and O–H groups in total. The van der Waals surface area contributed by atoms with Crippen molar-refractivity contribution in [2.45, 2.75) is 38.6 Å². The first-order valence-corrected chi connectivity index (χ1v) is 7.21. The number of rotatable bonds is 4. The normalized spacial score (nSPS) is 18.9. The quantitative estimate of drug-likeness (QED) is 0.882. The van der Waals surface area contributed by atoms with Crippen LogP contribution in [-0.2, 0) is 12.8 Å². The van der Waals surface area contributed by atoms with Crippen molar-refractivity contribution >= 4 is 0 Å². The Hall–Kier alpha value is -1.61. The number of aromatic amines is 1. The number of nitrogens with zero attached hydrogens (tertiary/aromatic N) is 1. The maximum Gasteiger partial charge on any atom is 0.108 e. The van der Waals surface area contributed by atoms with Crippen molar-refractivity contribution in [3.05, 3.63) is 41.9 Å². The molecule has 1 aliphatic rings. The Bertz CT molecular complexity index is 521. The summed E-state index contributed by atoms with van der Waals surface area (Å²) in [5.74, 6) is 1.09. The average Bonchev–Trinajstić information content (AvgIpc) is 3.11. The molecule has 2 aromatic rings. The fraction of sp³-hybridized carbons (Fsp3) is 0.438. The van der Waals surface area contributed by atoms with E-state index in [9.17, 15) is 0 Å². The SMILES string of the molecule is CCc1ccc(-c2cnc(CC3CCCN3)[nH]2)cc1. The zero-order chi connectivity index (χ0) is 13.1. The van der Waals surface area contributed by atoms with E-state index in [0.717, 1.165) is 30.9 Å². The molecule has 3 nitrogen and oxygen atoms in total. The zero-order valence-corrected chi connectivity index (χ0v) is 11.4. The van der Waals surface area contributed by atoms with Gasteiger partial charge in [0.05, 0.1) is 11.9 Å². The highest BCUT2D eigenvalue weighted by Crippen LogP contribution is 2.19. The summed E-state index contributed by atoms with van der Waals surface area (Å²) in [6.45, 7) is 3.33. The van der Waals surface area contributed by atoms with Crippen LogP contribution in [0.15, 0.2) is 30.5 Å². The number of aryl methyl sites for hydroxylation is 1. The second-order valence-corrected chi connectivity index (χ2v) is 5.29. The number of H-pyrrole nitrogens is 1. The topological polar surface area (TPSA) is 40.7 Å².